The van der Waals surface area contributed by atoms with Crippen molar-refractivity contribution in [1.82, 2.24) is 0 Å². The topological polar surface area (TPSA) is 20.2 Å². The number of aliphatic hydroxyl groups is 1. The lowest BCUT2D eigenvalue weighted by atomic mass is 9.94. The number of hydrogen-bond donors (Lipinski definition) is 1. The summed E-state index contributed by atoms with van der Waals surface area (Å²) in [5.41, 5.74) is -0.576. The van der Waals surface area contributed by atoms with E-state index in [0.717, 1.165) is 19.3 Å². The van der Waals surface area contributed by atoms with Gasteiger partial charge in [-0.25, -0.2) is 0 Å². The molecule has 1 N–H and O–H groups in total. The number of halogens is 1. The molecule has 1 nitrogen and oxygen atoms in total. The molecular formula is C11H17BrO. The number of alkyl halides is 1. The van der Waals surface area contributed by atoms with Crippen LogP contribution in [0.3, 0.4) is 0 Å². The maximum absolute atomic E-state index is 10.4. The van der Waals surface area contributed by atoms with Gasteiger partial charge in [0.05, 0.1) is 9.93 Å². The molecule has 0 aromatic heterocycles. The molecule has 4 atom stereocenters. The van der Waals surface area contributed by atoms with E-state index in [0.29, 0.717) is 11.8 Å². The Morgan fingerprint density at radius 1 is 1.62 bits per heavy atom. The van der Waals surface area contributed by atoms with Crippen molar-refractivity contribution in [3.8, 4) is 0 Å². The summed E-state index contributed by atoms with van der Waals surface area (Å²) >= 11 is 3.76. The average molecular weight is 245 g/mol. The molecule has 13 heavy (non-hydrogen) atoms. The molecule has 1 saturated carbocycles. The Morgan fingerprint density at radius 3 is 2.69 bits per heavy atom. The van der Waals surface area contributed by atoms with Crippen LogP contribution in [0, 0.1) is 11.8 Å². The molecular weight excluding hydrogens is 228 g/mol. The lowest BCUT2D eigenvalue weighted by molar-refractivity contribution is 0.0744. The third-order valence-corrected chi connectivity index (χ3v) is 5.88. The molecule has 0 bridgehead atoms. The van der Waals surface area contributed by atoms with Crippen LogP contribution in [0.5, 0.6) is 0 Å². The van der Waals surface area contributed by atoms with Crippen LogP contribution in [0.15, 0.2) is 12.2 Å². The van der Waals surface area contributed by atoms with Gasteiger partial charge in [0.1, 0.15) is 0 Å². The van der Waals surface area contributed by atoms with Gasteiger partial charge in [-0.2, -0.15) is 0 Å². The molecule has 74 valence electrons. The fourth-order valence-electron chi connectivity index (χ4n) is 2.96. The van der Waals surface area contributed by atoms with Crippen molar-refractivity contribution in [2.45, 2.75) is 43.0 Å². The molecule has 0 saturated heterocycles. The van der Waals surface area contributed by atoms with Crippen LogP contribution in [0.25, 0.3) is 0 Å². The van der Waals surface area contributed by atoms with Gasteiger partial charge in [-0.1, -0.05) is 48.4 Å². The summed E-state index contributed by atoms with van der Waals surface area (Å²) < 4.78 is -0.0260. The first-order chi connectivity index (χ1) is 6.06. The summed E-state index contributed by atoms with van der Waals surface area (Å²) in [5, 5.41) is 10.4. The minimum atomic E-state index is -0.576. The van der Waals surface area contributed by atoms with Crippen LogP contribution in [0.4, 0.5) is 0 Å². The van der Waals surface area contributed by atoms with E-state index in [2.05, 4.69) is 35.9 Å². The monoisotopic (exact) mass is 244 g/mol. The maximum Gasteiger partial charge on any atom is 0.0988 e. The van der Waals surface area contributed by atoms with Gasteiger partial charge in [-0.05, 0) is 24.7 Å². The quantitative estimate of drug-likeness (QED) is 0.585. The third kappa shape index (κ3) is 1.08. The van der Waals surface area contributed by atoms with Gasteiger partial charge in [0.15, 0.2) is 0 Å². The van der Waals surface area contributed by atoms with Crippen molar-refractivity contribution in [2.24, 2.45) is 11.8 Å². The van der Waals surface area contributed by atoms with Crippen LogP contribution in [0.1, 0.15) is 33.1 Å². The van der Waals surface area contributed by atoms with E-state index in [9.17, 15) is 5.11 Å². The number of hydrogen-bond acceptors (Lipinski definition) is 1. The highest BCUT2D eigenvalue weighted by Crippen LogP contribution is 2.66. The molecule has 0 aliphatic heterocycles. The molecule has 0 aromatic carbocycles. The first-order valence-electron chi connectivity index (χ1n) is 5.15. The van der Waals surface area contributed by atoms with Crippen LogP contribution in [-0.2, 0) is 0 Å². The fraction of sp³-hybridized carbons (Fsp3) is 0.818. The summed E-state index contributed by atoms with van der Waals surface area (Å²) in [4.78, 5) is 0. The molecule has 0 spiro atoms. The second-order valence-electron chi connectivity index (χ2n) is 4.44. The Bertz CT molecular complexity index is 250. The van der Waals surface area contributed by atoms with Crippen LogP contribution in [-0.4, -0.2) is 15.0 Å². The highest BCUT2D eigenvalue weighted by atomic mass is 79.9. The number of rotatable bonds is 2. The minimum Gasteiger partial charge on any atom is -0.384 e. The van der Waals surface area contributed by atoms with Crippen molar-refractivity contribution in [2.75, 3.05) is 0 Å². The smallest absolute Gasteiger partial charge is 0.0988 e. The minimum absolute atomic E-state index is 0.0260. The second kappa shape index (κ2) is 2.83. The SMILES string of the molecule is CCC1C(C)C1(Br)C1(O)C=CCC1. The molecule has 2 aliphatic rings. The summed E-state index contributed by atoms with van der Waals surface area (Å²) in [6, 6.07) is 0. The van der Waals surface area contributed by atoms with Crippen molar-refractivity contribution in [1.29, 1.82) is 0 Å². The summed E-state index contributed by atoms with van der Waals surface area (Å²) in [6.07, 6.45) is 7.16. The molecule has 4 unspecified atom stereocenters. The largest absolute Gasteiger partial charge is 0.384 e. The van der Waals surface area contributed by atoms with E-state index < -0.39 is 5.60 Å². The van der Waals surface area contributed by atoms with Gasteiger partial charge in [0.2, 0.25) is 0 Å². The summed E-state index contributed by atoms with van der Waals surface area (Å²) in [5.74, 6) is 1.24. The number of allylic oxidation sites excluding steroid dienone is 1. The molecule has 2 aliphatic carbocycles. The van der Waals surface area contributed by atoms with E-state index in [1.165, 1.54) is 0 Å². The Kier molecular flexibility index (Phi) is 2.12. The van der Waals surface area contributed by atoms with Gasteiger partial charge in [0, 0.05) is 0 Å². The average Bonchev–Trinajstić information content (AvgIpc) is 2.51. The highest BCUT2D eigenvalue weighted by Gasteiger charge is 2.69. The maximum atomic E-state index is 10.4. The predicted octanol–water partition coefficient (Wildman–Crippen LogP) is 2.88. The normalized spacial score (nSPS) is 54.2. The van der Waals surface area contributed by atoms with Crippen molar-refractivity contribution >= 4 is 15.9 Å². The molecule has 0 heterocycles. The van der Waals surface area contributed by atoms with E-state index in [-0.39, 0.29) is 4.32 Å². The lowest BCUT2D eigenvalue weighted by Crippen LogP contribution is -2.38. The zero-order valence-electron chi connectivity index (χ0n) is 8.26. The zero-order chi connectivity index (χ0) is 9.69. The summed E-state index contributed by atoms with van der Waals surface area (Å²) in [6.45, 7) is 4.43. The van der Waals surface area contributed by atoms with Crippen LogP contribution < -0.4 is 0 Å². The van der Waals surface area contributed by atoms with E-state index >= 15 is 0 Å². The molecule has 1 fully saturated rings. The van der Waals surface area contributed by atoms with Crippen molar-refractivity contribution in [3.63, 3.8) is 0 Å². The Hall–Kier alpha value is 0.180. The van der Waals surface area contributed by atoms with Crippen LogP contribution in [0.2, 0.25) is 0 Å². The standard InChI is InChI=1S/C11H17BrO/c1-3-9-8(2)11(9,12)10(13)6-4-5-7-10/h4,6,8-9,13H,3,5,7H2,1-2H3. The Morgan fingerprint density at radius 2 is 2.31 bits per heavy atom. The fourth-order valence-corrected chi connectivity index (χ4v) is 4.19. The van der Waals surface area contributed by atoms with Gasteiger partial charge < -0.3 is 5.11 Å². The van der Waals surface area contributed by atoms with Gasteiger partial charge in [-0.3, -0.25) is 0 Å². The van der Waals surface area contributed by atoms with Gasteiger partial charge >= 0.3 is 0 Å². The summed E-state index contributed by atoms with van der Waals surface area (Å²) in [7, 11) is 0. The van der Waals surface area contributed by atoms with E-state index in [1.807, 2.05) is 6.08 Å². The second-order valence-corrected chi connectivity index (χ2v) is 5.75. The predicted molar refractivity (Wildman–Crippen MR) is 57.9 cm³/mol. The molecule has 2 rings (SSSR count). The Balaban J connectivity index is 2.22. The van der Waals surface area contributed by atoms with Crippen molar-refractivity contribution in [3.05, 3.63) is 12.2 Å². The van der Waals surface area contributed by atoms with Gasteiger partial charge in [0.25, 0.3) is 0 Å². The molecule has 0 amide bonds. The molecule has 0 aromatic rings. The van der Waals surface area contributed by atoms with E-state index in [4.69, 9.17) is 0 Å². The lowest BCUT2D eigenvalue weighted by Gasteiger charge is -2.28. The van der Waals surface area contributed by atoms with Crippen LogP contribution >= 0.6 is 15.9 Å². The first kappa shape index (κ1) is 9.72. The first-order valence-corrected chi connectivity index (χ1v) is 5.94. The van der Waals surface area contributed by atoms with E-state index in [1.54, 1.807) is 0 Å². The third-order valence-electron chi connectivity index (χ3n) is 3.89. The van der Waals surface area contributed by atoms with Crippen molar-refractivity contribution < 1.29 is 5.11 Å². The highest BCUT2D eigenvalue weighted by molar-refractivity contribution is 9.10. The Labute approximate surface area is 88.3 Å². The van der Waals surface area contributed by atoms with Gasteiger partial charge in [-0.15, -0.1) is 0 Å². The molecule has 0 radical (unpaired) electrons. The zero-order valence-corrected chi connectivity index (χ0v) is 9.84. The molecule has 2 heteroatoms.